The van der Waals surface area contributed by atoms with Gasteiger partial charge in [0.25, 0.3) is 0 Å². The number of benzene rings is 1. The first-order chi connectivity index (χ1) is 11.6. The van der Waals surface area contributed by atoms with Gasteiger partial charge >= 0.3 is 0 Å². The van der Waals surface area contributed by atoms with E-state index in [-0.39, 0.29) is 17.9 Å². The van der Waals surface area contributed by atoms with Crippen LogP contribution in [0.1, 0.15) is 26.7 Å². The molecule has 2 N–H and O–H groups in total. The molecule has 2 aromatic heterocycles. The van der Waals surface area contributed by atoms with Crippen molar-refractivity contribution in [2.24, 2.45) is 0 Å². The summed E-state index contributed by atoms with van der Waals surface area (Å²) >= 11 is 0. The SMILES string of the molecule is CCC(CC)Oc1nc(N)nc2ccc(-c3ccc(F)cc3)nc12. The molecule has 0 unspecified atom stereocenters. The highest BCUT2D eigenvalue weighted by Gasteiger charge is 2.14. The lowest BCUT2D eigenvalue weighted by molar-refractivity contribution is 0.187. The molecule has 0 bridgehead atoms. The number of nitrogens with zero attached hydrogens (tertiary/aromatic N) is 3. The van der Waals surface area contributed by atoms with Crippen LogP contribution < -0.4 is 10.5 Å². The Bertz CT molecular complexity index is 848. The van der Waals surface area contributed by atoms with Crippen molar-refractivity contribution in [3.63, 3.8) is 0 Å². The van der Waals surface area contributed by atoms with E-state index in [1.54, 1.807) is 12.1 Å². The highest BCUT2D eigenvalue weighted by molar-refractivity contribution is 5.83. The van der Waals surface area contributed by atoms with E-state index in [1.807, 2.05) is 12.1 Å². The largest absolute Gasteiger partial charge is 0.473 e. The molecule has 0 atom stereocenters. The van der Waals surface area contributed by atoms with Crippen LogP contribution in [-0.4, -0.2) is 21.1 Å². The highest BCUT2D eigenvalue weighted by atomic mass is 19.1. The van der Waals surface area contributed by atoms with E-state index < -0.39 is 0 Å². The summed E-state index contributed by atoms with van der Waals surface area (Å²) in [6, 6.07) is 9.82. The first kappa shape index (κ1) is 16.1. The molecular weight excluding hydrogens is 307 g/mol. The van der Waals surface area contributed by atoms with Gasteiger partial charge in [-0.15, -0.1) is 0 Å². The van der Waals surface area contributed by atoms with Crippen LogP contribution in [0.25, 0.3) is 22.3 Å². The van der Waals surface area contributed by atoms with Crippen LogP contribution in [-0.2, 0) is 0 Å². The number of ether oxygens (including phenoxy) is 1. The summed E-state index contributed by atoms with van der Waals surface area (Å²) in [6.45, 7) is 4.11. The Kier molecular flexibility index (Phi) is 4.55. The van der Waals surface area contributed by atoms with Gasteiger partial charge in [0.15, 0.2) is 5.52 Å². The van der Waals surface area contributed by atoms with Crippen LogP contribution in [0, 0.1) is 5.82 Å². The van der Waals surface area contributed by atoms with Crippen LogP contribution in [0.2, 0.25) is 0 Å². The molecule has 0 aliphatic carbocycles. The monoisotopic (exact) mass is 326 g/mol. The van der Waals surface area contributed by atoms with Crippen LogP contribution in [0.15, 0.2) is 36.4 Å². The van der Waals surface area contributed by atoms with E-state index in [0.29, 0.717) is 22.6 Å². The summed E-state index contributed by atoms with van der Waals surface area (Å²) in [6.07, 6.45) is 1.76. The average molecular weight is 326 g/mol. The fraction of sp³-hybridized carbons (Fsp3) is 0.278. The molecule has 2 heterocycles. The zero-order valence-electron chi connectivity index (χ0n) is 13.7. The van der Waals surface area contributed by atoms with Gasteiger partial charge in [0.05, 0.1) is 11.2 Å². The second-order valence-electron chi connectivity index (χ2n) is 5.51. The van der Waals surface area contributed by atoms with Gasteiger partial charge < -0.3 is 10.5 Å². The maximum absolute atomic E-state index is 13.1. The number of nitrogens with two attached hydrogens (primary N) is 1. The summed E-state index contributed by atoms with van der Waals surface area (Å²) in [4.78, 5) is 13.0. The van der Waals surface area contributed by atoms with Crippen LogP contribution in [0.5, 0.6) is 5.88 Å². The summed E-state index contributed by atoms with van der Waals surface area (Å²) in [5, 5.41) is 0. The van der Waals surface area contributed by atoms with E-state index in [4.69, 9.17) is 10.5 Å². The standard InChI is InChI=1S/C18H19FN4O/c1-3-13(4-2)24-17-16-15(22-18(20)23-17)10-9-14(21-16)11-5-7-12(19)8-6-11/h5-10,13H,3-4H2,1-2H3,(H2,20,22,23). The molecule has 0 spiro atoms. The van der Waals surface area contributed by atoms with E-state index in [2.05, 4.69) is 28.8 Å². The third-order valence-corrected chi connectivity index (χ3v) is 3.86. The fourth-order valence-corrected chi connectivity index (χ4v) is 2.48. The highest BCUT2D eigenvalue weighted by Crippen LogP contribution is 2.27. The molecule has 0 aliphatic heterocycles. The molecule has 0 saturated heterocycles. The Morgan fingerprint density at radius 3 is 2.38 bits per heavy atom. The van der Waals surface area contributed by atoms with Crippen molar-refractivity contribution in [2.45, 2.75) is 32.8 Å². The second kappa shape index (κ2) is 6.78. The summed E-state index contributed by atoms with van der Waals surface area (Å²) in [5.41, 5.74) is 8.46. The number of pyridine rings is 1. The third kappa shape index (κ3) is 3.27. The molecule has 6 heteroatoms. The Morgan fingerprint density at radius 1 is 1.00 bits per heavy atom. The molecule has 0 radical (unpaired) electrons. The van der Waals surface area contributed by atoms with Crippen molar-refractivity contribution in [3.8, 4) is 17.1 Å². The quantitative estimate of drug-likeness (QED) is 0.767. The van der Waals surface area contributed by atoms with E-state index in [0.717, 1.165) is 18.4 Å². The van der Waals surface area contributed by atoms with Crippen LogP contribution in [0.4, 0.5) is 10.3 Å². The second-order valence-corrected chi connectivity index (χ2v) is 5.51. The molecule has 24 heavy (non-hydrogen) atoms. The van der Waals surface area contributed by atoms with Gasteiger partial charge in [-0.1, -0.05) is 13.8 Å². The molecule has 3 aromatic rings. The molecule has 0 amide bonds. The topological polar surface area (TPSA) is 73.9 Å². The molecule has 3 rings (SSSR count). The normalized spacial score (nSPS) is 11.2. The first-order valence-electron chi connectivity index (χ1n) is 7.97. The maximum Gasteiger partial charge on any atom is 0.245 e. The van der Waals surface area contributed by atoms with Crippen molar-refractivity contribution >= 4 is 17.0 Å². The molecule has 124 valence electrons. The number of hydrogen-bond acceptors (Lipinski definition) is 5. The number of halogens is 1. The lowest BCUT2D eigenvalue weighted by atomic mass is 10.1. The average Bonchev–Trinajstić information content (AvgIpc) is 2.59. The zero-order chi connectivity index (χ0) is 17.1. The van der Waals surface area contributed by atoms with Gasteiger partial charge in [0.2, 0.25) is 11.8 Å². The minimum atomic E-state index is -0.284. The lowest BCUT2D eigenvalue weighted by Gasteiger charge is -2.16. The van der Waals surface area contributed by atoms with Gasteiger partial charge in [-0.25, -0.2) is 14.4 Å². The summed E-state index contributed by atoms with van der Waals surface area (Å²) in [5.74, 6) is 0.253. The number of fused-ring (bicyclic) bond motifs is 1. The molecule has 0 saturated carbocycles. The zero-order valence-corrected chi connectivity index (χ0v) is 13.7. The minimum absolute atomic E-state index is 0.0405. The molecule has 0 fully saturated rings. The van der Waals surface area contributed by atoms with Crippen molar-refractivity contribution < 1.29 is 9.13 Å². The third-order valence-electron chi connectivity index (χ3n) is 3.86. The minimum Gasteiger partial charge on any atom is -0.473 e. The molecule has 5 nitrogen and oxygen atoms in total. The van der Waals surface area contributed by atoms with Crippen LogP contribution in [0.3, 0.4) is 0 Å². The number of rotatable bonds is 5. The fourth-order valence-electron chi connectivity index (χ4n) is 2.48. The van der Waals surface area contributed by atoms with E-state index in [1.165, 1.54) is 12.1 Å². The van der Waals surface area contributed by atoms with Gasteiger partial charge in [0.1, 0.15) is 11.9 Å². The van der Waals surface area contributed by atoms with E-state index in [9.17, 15) is 4.39 Å². The van der Waals surface area contributed by atoms with Crippen molar-refractivity contribution in [1.82, 2.24) is 15.0 Å². The Hall–Kier alpha value is -2.76. The van der Waals surface area contributed by atoms with Crippen LogP contribution >= 0.6 is 0 Å². The Labute approximate surface area is 139 Å². The number of anilines is 1. The van der Waals surface area contributed by atoms with Gasteiger partial charge in [-0.05, 0) is 49.2 Å². The van der Waals surface area contributed by atoms with Gasteiger partial charge in [-0.3, -0.25) is 0 Å². The predicted octanol–water partition coefficient (Wildman–Crippen LogP) is 3.98. The summed E-state index contributed by atoms with van der Waals surface area (Å²) < 4.78 is 19.1. The maximum atomic E-state index is 13.1. The summed E-state index contributed by atoms with van der Waals surface area (Å²) in [7, 11) is 0. The van der Waals surface area contributed by atoms with Crippen molar-refractivity contribution in [2.75, 3.05) is 5.73 Å². The van der Waals surface area contributed by atoms with Crippen molar-refractivity contribution in [3.05, 3.63) is 42.2 Å². The molecular formula is C18H19FN4O. The number of nitrogen functional groups attached to an aromatic ring is 1. The Morgan fingerprint density at radius 2 is 1.71 bits per heavy atom. The first-order valence-corrected chi connectivity index (χ1v) is 7.97. The predicted molar refractivity (Wildman–Crippen MR) is 92.1 cm³/mol. The molecule has 0 aliphatic rings. The lowest BCUT2D eigenvalue weighted by Crippen LogP contribution is -2.15. The van der Waals surface area contributed by atoms with Gasteiger partial charge in [-0.2, -0.15) is 4.98 Å². The van der Waals surface area contributed by atoms with Gasteiger partial charge in [0, 0.05) is 5.56 Å². The smallest absolute Gasteiger partial charge is 0.245 e. The van der Waals surface area contributed by atoms with E-state index >= 15 is 0 Å². The Balaban J connectivity index is 2.09. The molecule has 1 aromatic carbocycles. The number of aromatic nitrogens is 3. The van der Waals surface area contributed by atoms with Crippen molar-refractivity contribution in [1.29, 1.82) is 0 Å². The number of hydrogen-bond donors (Lipinski definition) is 1.